The largest absolute Gasteiger partial charge is 0.505 e. The molecule has 0 saturated heterocycles. The van der Waals surface area contributed by atoms with Gasteiger partial charge < -0.3 is 10.0 Å². The van der Waals surface area contributed by atoms with E-state index in [2.05, 4.69) is 17.0 Å². The fourth-order valence-corrected chi connectivity index (χ4v) is 5.76. The van der Waals surface area contributed by atoms with Crippen LogP contribution in [0.2, 0.25) is 10.0 Å². The van der Waals surface area contributed by atoms with E-state index in [1.54, 1.807) is 12.1 Å². The summed E-state index contributed by atoms with van der Waals surface area (Å²) in [4.78, 5) is 28.8. The van der Waals surface area contributed by atoms with Crippen molar-refractivity contribution < 1.29 is 14.7 Å². The predicted octanol–water partition coefficient (Wildman–Crippen LogP) is 6.31. The smallest absolute Gasteiger partial charge is 0.161 e. The average molecular weight is 468 g/mol. The lowest BCUT2D eigenvalue weighted by Gasteiger charge is -2.44. The van der Waals surface area contributed by atoms with E-state index in [-0.39, 0.29) is 27.4 Å². The molecule has 0 saturated carbocycles. The molecule has 0 atom stereocenters. The molecule has 0 aromatic heterocycles. The fraction of sp³-hybridized carbons (Fsp3) is 0.308. The number of ketones is 2. The first kappa shape index (κ1) is 21.3. The highest BCUT2D eigenvalue weighted by molar-refractivity contribution is 6.37. The summed E-state index contributed by atoms with van der Waals surface area (Å²) in [6, 6.07) is 13.4. The second kappa shape index (κ2) is 8.42. The Bertz CT molecular complexity index is 1120. The van der Waals surface area contributed by atoms with Crippen LogP contribution >= 0.6 is 23.2 Å². The Labute approximate surface area is 197 Å². The Balaban J connectivity index is 1.73. The highest BCUT2D eigenvalue weighted by atomic mass is 35.5. The molecule has 1 N–H and O–H groups in total. The molecule has 2 aromatic carbocycles. The van der Waals surface area contributed by atoms with Crippen LogP contribution in [0.25, 0.3) is 0 Å². The number of nitrogens with zero attached hydrogens (tertiary/aromatic N) is 1. The summed E-state index contributed by atoms with van der Waals surface area (Å²) in [5, 5.41) is 10.3. The van der Waals surface area contributed by atoms with Crippen molar-refractivity contribution in [2.24, 2.45) is 0 Å². The third-order valence-corrected chi connectivity index (χ3v) is 7.22. The van der Waals surface area contributed by atoms with Crippen molar-refractivity contribution in [1.29, 1.82) is 0 Å². The average Bonchev–Trinajstić information content (AvgIpc) is 2.78. The number of hydrogen-bond acceptors (Lipinski definition) is 4. The summed E-state index contributed by atoms with van der Waals surface area (Å²) < 4.78 is 0. The first-order valence-corrected chi connectivity index (χ1v) is 11.7. The molecule has 4 nitrogen and oxygen atoms in total. The van der Waals surface area contributed by atoms with Gasteiger partial charge in [-0.1, -0.05) is 53.5 Å². The SMILES string of the molecule is O=C1CCCC2=C1C(c1cc(Cl)c(O)c(Cl)c1)C1=C(CCCC1=O)N2Cc1ccccc1. The Morgan fingerprint density at radius 3 is 1.91 bits per heavy atom. The maximum atomic E-state index is 13.3. The molecule has 3 aliphatic rings. The summed E-state index contributed by atoms with van der Waals surface area (Å²) >= 11 is 12.5. The van der Waals surface area contributed by atoms with E-state index < -0.39 is 5.92 Å². The van der Waals surface area contributed by atoms with Gasteiger partial charge in [0.15, 0.2) is 17.3 Å². The van der Waals surface area contributed by atoms with Crippen LogP contribution in [0, 0.1) is 0 Å². The topological polar surface area (TPSA) is 57.6 Å². The number of benzene rings is 2. The Kier molecular flexibility index (Phi) is 5.60. The first-order chi connectivity index (χ1) is 15.5. The molecule has 32 heavy (non-hydrogen) atoms. The summed E-state index contributed by atoms with van der Waals surface area (Å²) in [6.45, 7) is 0.628. The number of phenolic OH excluding ortho intramolecular Hbond substituents is 1. The van der Waals surface area contributed by atoms with Crippen LogP contribution in [0.1, 0.15) is 55.6 Å². The van der Waals surface area contributed by atoms with Gasteiger partial charge in [0.25, 0.3) is 0 Å². The number of carbonyl (C=O) groups excluding carboxylic acids is 2. The first-order valence-electron chi connectivity index (χ1n) is 11.0. The lowest BCUT2D eigenvalue weighted by Crippen LogP contribution is -2.38. The minimum atomic E-state index is -0.497. The fourth-order valence-electron chi connectivity index (χ4n) is 5.26. The second-order valence-corrected chi connectivity index (χ2v) is 9.43. The van der Waals surface area contributed by atoms with Gasteiger partial charge in [-0.05, 0) is 48.9 Å². The molecule has 1 heterocycles. The summed E-state index contributed by atoms with van der Waals surface area (Å²) in [7, 11) is 0. The van der Waals surface area contributed by atoms with E-state index in [9.17, 15) is 14.7 Å². The Morgan fingerprint density at radius 1 is 0.844 bits per heavy atom. The molecule has 0 bridgehead atoms. The molecule has 2 aromatic rings. The molecule has 164 valence electrons. The standard InChI is InChI=1S/C26H23Cl2NO3/c27-17-12-16(13-18(28)26(17)32)23-24-19(8-4-10-21(24)30)29(14-15-6-2-1-3-7-15)20-9-5-11-22(31)25(20)23/h1-3,6-7,12-13,23,32H,4-5,8-11,14H2. The molecular weight excluding hydrogens is 445 g/mol. The third-order valence-electron chi connectivity index (χ3n) is 6.64. The van der Waals surface area contributed by atoms with Gasteiger partial charge in [0.05, 0.1) is 10.0 Å². The van der Waals surface area contributed by atoms with Crippen LogP contribution < -0.4 is 0 Å². The molecular formula is C26H23Cl2NO3. The highest BCUT2D eigenvalue weighted by Crippen LogP contribution is 2.50. The zero-order valence-electron chi connectivity index (χ0n) is 17.5. The zero-order valence-corrected chi connectivity index (χ0v) is 19.0. The molecule has 2 aliphatic carbocycles. The highest BCUT2D eigenvalue weighted by Gasteiger charge is 2.43. The number of allylic oxidation sites excluding steroid dienone is 4. The molecule has 0 radical (unpaired) electrons. The zero-order chi connectivity index (χ0) is 22.4. The molecule has 0 spiro atoms. The van der Waals surface area contributed by atoms with E-state index >= 15 is 0 Å². The van der Waals surface area contributed by atoms with Gasteiger partial charge in [-0.3, -0.25) is 9.59 Å². The number of phenols is 1. The van der Waals surface area contributed by atoms with Gasteiger partial charge in [0.1, 0.15) is 0 Å². The third kappa shape index (κ3) is 3.56. The van der Waals surface area contributed by atoms with Crippen molar-refractivity contribution in [1.82, 2.24) is 4.90 Å². The minimum absolute atomic E-state index is 0.0690. The number of rotatable bonds is 3. The van der Waals surface area contributed by atoms with Crippen molar-refractivity contribution >= 4 is 34.8 Å². The monoisotopic (exact) mass is 467 g/mol. The molecule has 0 amide bonds. The van der Waals surface area contributed by atoms with Crippen molar-refractivity contribution in [3.05, 3.63) is 86.2 Å². The van der Waals surface area contributed by atoms with Crippen LogP contribution in [-0.2, 0) is 16.1 Å². The van der Waals surface area contributed by atoms with Crippen LogP contribution in [0.4, 0.5) is 0 Å². The molecule has 1 aliphatic heterocycles. The summed E-state index contributed by atoms with van der Waals surface area (Å²) in [5.41, 5.74) is 5.19. The van der Waals surface area contributed by atoms with Crippen molar-refractivity contribution in [2.45, 2.75) is 51.0 Å². The Hall–Kier alpha value is -2.56. The number of Topliss-reactive ketones (excluding diaryl/α,β-unsaturated/α-hetero) is 2. The minimum Gasteiger partial charge on any atom is -0.505 e. The Morgan fingerprint density at radius 2 is 1.38 bits per heavy atom. The molecule has 5 rings (SSSR count). The van der Waals surface area contributed by atoms with Gasteiger partial charge in [-0.15, -0.1) is 0 Å². The van der Waals surface area contributed by atoms with Crippen molar-refractivity contribution in [3.63, 3.8) is 0 Å². The quantitative estimate of drug-likeness (QED) is 0.574. The summed E-state index contributed by atoms with van der Waals surface area (Å²) in [6.07, 6.45) is 4.09. The number of halogens is 2. The van der Waals surface area contributed by atoms with E-state index in [4.69, 9.17) is 23.2 Å². The van der Waals surface area contributed by atoms with Crippen LogP contribution in [0.15, 0.2) is 65.0 Å². The molecule has 6 heteroatoms. The van der Waals surface area contributed by atoms with Gasteiger partial charge >= 0.3 is 0 Å². The van der Waals surface area contributed by atoms with Crippen molar-refractivity contribution in [3.8, 4) is 5.75 Å². The van der Waals surface area contributed by atoms with E-state index in [0.717, 1.165) is 42.6 Å². The molecule has 0 fully saturated rings. The number of carbonyl (C=O) groups is 2. The predicted molar refractivity (Wildman–Crippen MR) is 125 cm³/mol. The van der Waals surface area contributed by atoms with Crippen LogP contribution in [0.3, 0.4) is 0 Å². The maximum Gasteiger partial charge on any atom is 0.161 e. The number of hydrogen-bond donors (Lipinski definition) is 1. The summed E-state index contributed by atoms with van der Waals surface area (Å²) in [5.74, 6) is -0.547. The van der Waals surface area contributed by atoms with Gasteiger partial charge in [-0.2, -0.15) is 0 Å². The lowest BCUT2D eigenvalue weighted by molar-refractivity contribution is -0.117. The van der Waals surface area contributed by atoms with Crippen molar-refractivity contribution in [2.75, 3.05) is 0 Å². The molecule has 0 unspecified atom stereocenters. The van der Waals surface area contributed by atoms with Crippen LogP contribution in [0.5, 0.6) is 5.75 Å². The second-order valence-electron chi connectivity index (χ2n) is 8.61. The van der Waals surface area contributed by atoms with E-state index in [0.29, 0.717) is 36.1 Å². The van der Waals surface area contributed by atoms with Gasteiger partial charge in [0.2, 0.25) is 0 Å². The van der Waals surface area contributed by atoms with Crippen LogP contribution in [-0.4, -0.2) is 21.6 Å². The van der Waals surface area contributed by atoms with Gasteiger partial charge in [0, 0.05) is 47.8 Å². The van der Waals surface area contributed by atoms with E-state index in [1.165, 1.54) is 0 Å². The normalized spacial score (nSPS) is 19.4. The van der Waals surface area contributed by atoms with E-state index in [1.807, 2.05) is 18.2 Å². The lowest BCUT2D eigenvalue weighted by atomic mass is 9.71. The van der Waals surface area contributed by atoms with Gasteiger partial charge in [-0.25, -0.2) is 0 Å². The number of aromatic hydroxyl groups is 1. The maximum absolute atomic E-state index is 13.3.